The number of rotatable bonds is 9. The fourth-order valence-corrected chi connectivity index (χ4v) is 3.61. The van der Waals surface area contributed by atoms with Crippen LogP contribution in [-0.4, -0.2) is 59.0 Å². The highest BCUT2D eigenvalue weighted by atomic mass is 16.5. The van der Waals surface area contributed by atoms with E-state index < -0.39 is 0 Å². The van der Waals surface area contributed by atoms with E-state index >= 15 is 0 Å². The van der Waals surface area contributed by atoms with Gasteiger partial charge in [0.15, 0.2) is 5.82 Å². The highest BCUT2D eigenvalue weighted by Gasteiger charge is 2.23. The lowest BCUT2D eigenvalue weighted by atomic mass is 10.2. The van der Waals surface area contributed by atoms with E-state index in [4.69, 9.17) is 9.47 Å². The van der Waals surface area contributed by atoms with E-state index in [2.05, 4.69) is 37.1 Å². The Kier molecular flexibility index (Phi) is 7.60. The minimum atomic E-state index is -0.189. The van der Waals surface area contributed by atoms with Crippen molar-refractivity contribution < 1.29 is 14.3 Å². The summed E-state index contributed by atoms with van der Waals surface area (Å²) < 4.78 is 12.9. The van der Waals surface area contributed by atoms with Crippen molar-refractivity contribution in [2.24, 2.45) is 0 Å². The van der Waals surface area contributed by atoms with E-state index in [1.165, 1.54) is 5.56 Å². The van der Waals surface area contributed by atoms with Crippen LogP contribution >= 0.6 is 0 Å². The van der Waals surface area contributed by atoms with Crippen molar-refractivity contribution in [1.82, 2.24) is 25.0 Å². The number of nitrogens with zero attached hydrogens (tertiary/aromatic N) is 4. The van der Waals surface area contributed by atoms with Crippen molar-refractivity contribution in [3.63, 3.8) is 0 Å². The Hall–Kier alpha value is -2.45. The van der Waals surface area contributed by atoms with Gasteiger partial charge in [0, 0.05) is 51.7 Å². The van der Waals surface area contributed by atoms with Crippen LogP contribution in [0, 0.1) is 0 Å². The predicted octanol–water partition coefficient (Wildman–Crippen LogP) is 1.95. The number of aromatic nitrogens is 3. The molecule has 0 aliphatic carbocycles. The zero-order chi connectivity index (χ0) is 20.6. The number of hydrogen-bond acceptors (Lipinski definition) is 6. The average molecular weight is 402 g/mol. The standard InChI is InChI=1S/C21H31N5O3/c1-4-29-18-8-6-5-7-17(18)15-25-11-9-19-23-24-21(26(19)13-12-25)16(2)22-20(27)10-14-28-3/h5-8,16H,4,9-15H2,1-3H3,(H,22,27)/t16-/m0/s1. The zero-order valence-corrected chi connectivity index (χ0v) is 17.6. The fraction of sp³-hybridized carbons (Fsp3) is 0.571. The number of ether oxygens (including phenoxy) is 2. The van der Waals surface area contributed by atoms with Crippen molar-refractivity contribution in [1.29, 1.82) is 0 Å². The second kappa shape index (κ2) is 10.4. The van der Waals surface area contributed by atoms with Gasteiger partial charge in [-0.3, -0.25) is 9.69 Å². The van der Waals surface area contributed by atoms with Crippen LogP contribution in [0.15, 0.2) is 24.3 Å². The van der Waals surface area contributed by atoms with Gasteiger partial charge in [0.2, 0.25) is 5.91 Å². The second-order valence-corrected chi connectivity index (χ2v) is 7.22. The topological polar surface area (TPSA) is 81.5 Å². The minimum Gasteiger partial charge on any atom is -0.494 e. The average Bonchev–Trinajstić information content (AvgIpc) is 3.03. The molecule has 2 aromatic rings. The summed E-state index contributed by atoms with van der Waals surface area (Å²) in [6.45, 7) is 8.47. The van der Waals surface area contributed by atoms with Gasteiger partial charge in [-0.15, -0.1) is 10.2 Å². The van der Waals surface area contributed by atoms with Crippen molar-refractivity contribution in [3.8, 4) is 5.75 Å². The molecule has 8 nitrogen and oxygen atoms in total. The Bertz CT molecular complexity index is 807. The maximum Gasteiger partial charge on any atom is 0.222 e. The number of para-hydroxylation sites is 1. The van der Waals surface area contributed by atoms with Gasteiger partial charge in [-0.25, -0.2) is 0 Å². The van der Waals surface area contributed by atoms with Crippen LogP contribution in [0.2, 0.25) is 0 Å². The number of carbonyl (C=O) groups excluding carboxylic acids is 1. The van der Waals surface area contributed by atoms with Crippen LogP contribution in [0.1, 0.15) is 43.5 Å². The maximum atomic E-state index is 12.0. The molecule has 1 aromatic carbocycles. The molecular weight excluding hydrogens is 370 g/mol. The van der Waals surface area contributed by atoms with Gasteiger partial charge >= 0.3 is 0 Å². The zero-order valence-electron chi connectivity index (χ0n) is 17.6. The third kappa shape index (κ3) is 5.55. The summed E-state index contributed by atoms with van der Waals surface area (Å²) in [6.07, 6.45) is 1.17. The number of benzene rings is 1. The molecule has 2 heterocycles. The Morgan fingerprint density at radius 2 is 2.07 bits per heavy atom. The minimum absolute atomic E-state index is 0.0421. The van der Waals surface area contributed by atoms with Crippen molar-refractivity contribution in [2.45, 2.75) is 45.8 Å². The molecule has 0 radical (unpaired) electrons. The van der Waals surface area contributed by atoms with E-state index in [0.717, 1.165) is 50.0 Å². The lowest BCUT2D eigenvalue weighted by molar-refractivity contribution is -0.122. The third-order valence-corrected chi connectivity index (χ3v) is 5.11. The van der Waals surface area contributed by atoms with Crippen LogP contribution in [0.3, 0.4) is 0 Å². The summed E-state index contributed by atoms with van der Waals surface area (Å²) in [7, 11) is 1.59. The fourth-order valence-electron chi connectivity index (χ4n) is 3.61. The smallest absolute Gasteiger partial charge is 0.222 e. The molecule has 1 atom stereocenters. The Morgan fingerprint density at radius 1 is 1.24 bits per heavy atom. The Labute approximate surface area is 172 Å². The lowest BCUT2D eigenvalue weighted by Gasteiger charge is -2.21. The molecule has 1 aliphatic rings. The molecule has 0 bridgehead atoms. The molecule has 0 unspecified atom stereocenters. The summed E-state index contributed by atoms with van der Waals surface area (Å²) in [4.78, 5) is 14.4. The molecular formula is C21H31N5O3. The first-order valence-corrected chi connectivity index (χ1v) is 10.3. The van der Waals surface area contributed by atoms with Crippen molar-refractivity contribution >= 4 is 5.91 Å². The van der Waals surface area contributed by atoms with E-state index in [9.17, 15) is 4.79 Å². The molecule has 0 fully saturated rings. The van der Waals surface area contributed by atoms with Gasteiger partial charge in [-0.2, -0.15) is 0 Å². The number of carbonyl (C=O) groups is 1. The largest absolute Gasteiger partial charge is 0.494 e. The molecule has 0 spiro atoms. The summed E-state index contributed by atoms with van der Waals surface area (Å²) in [5.41, 5.74) is 1.20. The number of amides is 1. The lowest BCUT2D eigenvalue weighted by Crippen LogP contribution is -2.30. The highest BCUT2D eigenvalue weighted by molar-refractivity contribution is 5.76. The second-order valence-electron chi connectivity index (χ2n) is 7.22. The number of hydrogen-bond donors (Lipinski definition) is 1. The number of methoxy groups -OCH3 is 1. The monoisotopic (exact) mass is 401 g/mol. The quantitative estimate of drug-likeness (QED) is 0.692. The molecule has 0 saturated carbocycles. The summed E-state index contributed by atoms with van der Waals surface area (Å²) in [6, 6.07) is 8.02. The molecule has 1 N–H and O–H groups in total. The predicted molar refractivity (Wildman–Crippen MR) is 110 cm³/mol. The maximum absolute atomic E-state index is 12.0. The molecule has 3 rings (SSSR count). The van der Waals surface area contributed by atoms with E-state index in [1.54, 1.807) is 7.11 Å². The van der Waals surface area contributed by atoms with Gasteiger partial charge in [-0.1, -0.05) is 18.2 Å². The first kappa shape index (κ1) is 21.3. The first-order valence-electron chi connectivity index (χ1n) is 10.3. The number of fused-ring (bicyclic) bond motifs is 1. The molecule has 1 aromatic heterocycles. The summed E-state index contributed by atoms with van der Waals surface area (Å²) in [5.74, 6) is 2.69. The molecule has 1 amide bonds. The summed E-state index contributed by atoms with van der Waals surface area (Å²) >= 11 is 0. The van der Waals surface area contributed by atoms with Crippen LogP contribution in [0.4, 0.5) is 0 Å². The molecule has 158 valence electrons. The Morgan fingerprint density at radius 3 is 2.86 bits per heavy atom. The highest BCUT2D eigenvalue weighted by Crippen LogP contribution is 2.22. The van der Waals surface area contributed by atoms with Crippen LogP contribution in [0.5, 0.6) is 5.75 Å². The SMILES string of the molecule is CCOc1ccccc1CN1CCc2nnc([C@H](C)NC(=O)CCOC)n2CC1. The van der Waals surface area contributed by atoms with Crippen LogP contribution in [-0.2, 0) is 29.0 Å². The third-order valence-electron chi connectivity index (χ3n) is 5.11. The normalized spacial score (nSPS) is 15.4. The first-order chi connectivity index (χ1) is 14.1. The molecule has 29 heavy (non-hydrogen) atoms. The summed E-state index contributed by atoms with van der Waals surface area (Å²) in [5, 5.41) is 11.7. The van der Waals surface area contributed by atoms with Crippen molar-refractivity contribution in [3.05, 3.63) is 41.5 Å². The van der Waals surface area contributed by atoms with Crippen LogP contribution < -0.4 is 10.1 Å². The van der Waals surface area contributed by atoms with E-state index in [1.807, 2.05) is 26.0 Å². The van der Waals surface area contributed by atoms with Gasteiger partial charge < -0.3 is 19.4 Å². The van der Waals surface area contributed by atoms with E-state index in [0.29, 0.717) is 19.6 Å². The van der Waals surface area contributed by atoms with Gasteiger partial charge in [0.25, 0.3) is 0 Å². The molecule has 1 aliphatic heterocycles. The van der Waals surface area contributed by atoms with Gasteiger partial charge in [0.05, 0.1) is 19.3 Å². The van der Waals surface area contributed by atoms with Gasteiger partial charge in [0.1, 0.15) is 11.6 Å². The van der Waals surface area contributed by atoms with Crippen LogP contribution in [0.25, 0.3) is 0 Å². The Balaban J connectivity index is 1.63. The van der Waals surface area contributed by atoms with Gasteiger partial charge in [-0.05, 0) is 19.9 Å². The molecule has 0 saturated heterocycles. The van der Waals surface area contributed by atoms with E-state index in [-0.39, 0.29) is 11.9 Å². The van der Waals surface area contributed by atoms with Crippen molar-refractivity contribution in [2.75, 3.05) is 33.4 Å². The molecule has 8 heteroatoms. The number of nitrogens with one attached hydrogen (secondary N) is 1.